The summed E-state index contributed by atoms with van der Waals surface area (Å²) < 4.78 is 36.1. The number of fused-ring (bicyclic) bond motifs is 1. The Morgan fingerprint density at radius 3 is 2.58 bits per heavy atom. The minimum absolute atomic E-state index is 0.0162. The smallest absolute Gasteiger partial charge is 0.268 e. The molecule has 0 bridgehead atoms. The van der Waals surface area contributed by atoms with Crippen LogP contribution in [-0.4, -0.2) is 49.1 Å². The molecule has 0 atom stereocenters. The second kappa shape index (κ2) is 10.6. The molecule has 0 unspecified atom stereocenters. The van der Waals surface area contributed by atoms with Crippen LogP contribution in [-0.2, 0) is 21.2 Å². The van der Waals surface area contributed by atoms with Gasteiger partial charge in [-0.05, 0) is 24.3 Å². The lowest BCUT2D eigenvalue weighted by Gasteiger charge is -2.11. The fourth-order valence-electron chi connectivity index (χ4n) is 3.45. The van der Waals surface area contributed by atoms with E-state index in [9.17, 15) is 18.5 Å². The van der Waals surface area contributed by atoms with Gasteiger partial charge in [-0.2, -0.15) is 5.26 Å². The number of sulfone groups is 1. The van der Waals surface area contributed by atoms with Gasteiger partial charge < -0.3 is 14.0 Å². The molecule has 12 heteroatoms. The van der Waals surface area contributed by atoms with Crippen LogP contribution in [0.3, 0.4) is 0 Å². The zero-order valence-electron chi connectivity index (χ0n) is 19.3. The highest BCUT2D eigenvalue weighted by atomic mass is 32.2. The number of hydrogen-bond acceptors (Lipinski definition) is 9. The molecule has 36 heavy (non-hydrogen) atoms. The number of nitrogens with zero attached hydrogens (tertiary/aromatic N) is 4. The highest BCUT2D eigenvalue weighted by molar-refractivity contribution is 7.92. The maximum Gasteiger partial charge on any atom is 0.268 e. The fraction of sp³-hybridized carbons (Fsp3) is 0.167. The van der Waals surface area contributed by atoms with Gasteiger partial charge in [0.1, 0.15) is 18.2 Å². The van der Waals surface area contributed by atoms with Gasteiger partial charge in [-0.15, -0.1) is 10.2 Å². The van der Waals surface area contributed by atoms with E-state index in [2.05, 4.69) is 15.5 Å². The van der Waals surface area contributed by atoms with Crippen molar-refractivity contribution in [2.75, 3.05) is 25.3 Å². The first-order valence-electron chi connectivity index (χ1n) is 10.6. The molecule has 2 aromatic carbocycles. The zero-order chi connectivity index (χ0) is 25.7. The standard InChI is InChI=1S/C24H21N5O5S2/c1-33-20-9-5-6-10-21(20)34-12-11-29-15-17(18-7-3-4-8-19(18)29)13-16(14-25)22(30)26-23-27-28-24(35-23)36(2,31)32/h3-10,13,15H,11-12H2,1-2H3,(H,26,27,30). The second-order valence-electron chi connectivity index (χ2n) is 7.56. The summed E-state index contributed by atoms with van der Waals surface area (Å²) in [5, 5.41) is 20.1. The molecule has 0 aliphatic carbocycles. The molecule has 0 fully saturated rings. The van der Waals surface area contributed by atoms with Crippen molar-refractivity contribution >= 4 is 49.2 Å². The Hall–Kier alpha value is -4.21. The number of nitriles is 1. The Kier molecular flexibility index (Phi) is 7.33. The van der Waals surface area contributed by atoms with Gasteiger partial charge in [-0.3, -0.25) is 10.1 Å². The van der Waals surface area contributed by atoms with Crippen molar-refractivity contribution in [2.45, 2.75) is 10.9 Å². The number of carbonyl (C=O) groups excluding carboxylic acids is 1. The molecule has 0 spiro atoms. The summed E-state index contributed by atoms with van der Waals surface area (Å²) in [6, 6.07) is 16.9. The van der Waals surface area contributed by atoms with Gasteiger partial charge in [0.15, 0.2) is 11.5 Å². The maximum absolute atomic E-state index is 12.7. The lowest BCUT2D eigenvalue weighted by atomic mass is 10.1. The summed E-state index contributed by atoms with van der Waals surface area (Å²) in [5.41, 5.74) is 1.41. The van der Waals surface area contributed by atoms with E-state index in [4.69, 9.17) is 9.47 Å². The third-order valence-corrected chi connectivity index (χ3v) is 7.59. The van der Waals surface area contributed by atoms with E-state index >= 15 is 0 Å². The van der Waals surface area contributed by atoms with E-state index in [1.54, 1.807) is 7.11 Å². The number of ether oxygens (including phenoxy) is 2. The van der Waals surface area contributed by atoms with Gasteiger partial charge in [-0.1, -0.05) is 41.7 Å². The highest BCUT2D eigenvalue weighted by Gasteiger charge is 2.18. The number of carbonyl (C=O) groups is 1. The average Bonchev–Trinajstić information content (AvgIpc) is 3.48. The van der Waals surface area contributed by atoms with Gasteiger partial charge in [0.25, 0.3) is 5.91 Å². The Morgan fingerprint density at radius 1 is 1.17 bits per heavy atom. The third-order valence-electron chi connectivity index (χ3n) is 5.09. The number of aromatic nitrogens is 3. The largest absolute Gasteiger partial charge is 0.493 e. The van der Waals surface area contributed by atoms with Gasteiger partial charge >= 0.3 is 0 Å². The zero-order valence-corrected chi connectivity index (χ0v) is 21.0. The Morgan fingerprint density at radius 2 is 1.89 bits per heavy atom. The first-order chi connectivity index (χ1) is 17.3. The molecule has 0 saturated carbocycles. The topological polar surface area (TPSA) is 136 Å². The summed E-state index contributed by atoms with van der Waals surface area (Å²) in [5.74, 6) is 0.558. The Bertz CT molecular complexity index is 1600. The van der Waals surface area contributed by atoms with Crippen molar-refractivity contribution < 1.29 is 22.7 Å². The van der Waals surface area contributed by atoms with Gasteiger partial charge in [0.2, 0.25) is 19.3 Å². The molecule has 0 aliphatic rings. The van der Waals surface area contributed by atoms with Crippen molar-refractivity contribution in [2.24, 2.45) is 0 Å². The number of nitrogens with one attached hydrogen (secondary N) is 1. The van der Waals surface area contributed by atoms with Crippen molar-refractivity contribution in [3.8, 4) is 17.6 Å². The first kappa shape index (κ1) is 24.9. The number of anilines is 1. The van der Waals surface area contributed by atoms with E-state index in [1.807, 2.05) is 65.4 Å². The highest BCUT2D eigenvalue weighted by Crippen LogP contribution is 2.27. The maximum atomic E-state index is 12.7. The van der Waals surface area contributed by atoms with Crippen LogP contribution in [0.25, 0.3) is 17.0 Å². The van der Waals surface area contributed by atoms with Crippen LogP contribution in [0.5, 0.6) is 11.5 Å². The fourth-order valence-corrected chi connectivity index (χ4v) is 4.95. The quantitative estimate of drug-likeness (QED) is 0.200. The van der Waals surface area contributed by atoms with E-state index < -0.39 is 15.7 Å². The first-order valence-corrected chi connectivity index (χ1v) is 13.3. The normalized spacial score (nSPS) is 11.8. The molecule has 0 saturated heterocycles. The minimum Gasteiger partial charge on any atom is -0.493 e. The molecule has 4 rings (SSSR count). The molecule has 1 amide bonds. The van der Waals surface area contributed by atoms with Crippen molar-refractivity contribution in [1.29, 1.82) is 5.26 Å². The number of methoxy groups -OCH3 is 1. The lowest BCUT2D eigenvalue weighted by molar-refractivity contribution is -0.112. The number of hydrogen-bond donors (Lipinski definition) is 1. The number of benzene rings is 2. The van der Waals surface area contributed by atoms with Crippen LogP contribution < -0.4 is 14.8 Å². The summed E-state index contributed by atoms with van der Waals surface area (Å²) >= 11 is 0.713. The van der Waals surface area contributed by atoms with Crippen molar-refractivity contribution in [3.63, 3.8) is 0 Å². The SMILES string of the molecule is COc1ccccc1OCCn1cc(C=C(C#N)C(=O)Nc2nnc(S(C)(=O)=O)s2)c2ccccc21. The van der Waals surface area contributed by atoms with Gasteiger partial charge in [0, 0.05) is 28.9 Å². The van der Waals surface area contributed by atoms with Crippen LogP contribution in [0.2, 0.25) is 0 Å². The molecule has 2 aromatic heterocycles. The number of para-hydroxylation sites is 3. The van der Waals surface area contributed by atoms with Crippen LogP contribution >= 0.6 is 11.3 Å². The van der Waals surface area contributed by atoms with E-state index in [0.717, 1.165) is 17.2 Å². The Balaban J connectivity index is 1.55. The molecule has 4 aromatic rings. The minimum atomic E-state index is -3.55. The van der Waals surface area contributed by atoms with E-state index in [0.29, 0.717) is 41.6 Å². The van der Waals surface area contributed by atoms with Crippen LogP contribution in [0.1, 0.15) is 5.56 Å². The third kappa shape index (κ3) is 5.54. The molecule has 184 valence electrons. The van der Waals surface area contributed by atoms with Gasteiger partial charge in [0.05, 0.1) is 13.7 Å². The average molecular weight is 524 g/mol. The number of amides is 1. The predicted octanol–water partition coefficient (Wildman–Crippen LogP) is 3.53. The Labute approximate surface area is 211 Å². The second-order valence-corrected chi connectivity index (χ2v) is 10.7. The molecule has 0 radical (unpaired) electrons. The summed E-state index contributed by atoms with van der Waals surface area (Å²) in [7, 11) is -1.97. The molecular weight excluding hydrogens is 502 g/mol. The lowest BCUT2D eigenvalue weighted by Crippen LogP contribution is -2.13. The van der Waals surface area contributed by atoms with E-state index in [1.165, 1.54) is 6.08 Å². The molecule has 2 heterocycles. The molecule has 0 aliphatic heterocycles. The monoisotopic (exact) mass is 523 g/mol. The summed E-state index contributed by atoms with van der Waals surface area (Å²) in [4.78, 5) is 12.7. The van der Waals surface area contributed by atoms with Crippen LogP contribution in [0.15, 0.2) is 64.6 Å². The molecule has 1 N–H and O–H groups in total. The van der Waals surface area contributed by atoms with Gasteiger partial charge in [-0.25, -0.2) is 8.42 Å². The summed E-state index contributed by atoms with van der Waals surface area (Å²) in [6.07, 6.45) is 4.32. The van der Waals surface area contributed by atoms with Crippen molar-refractivity contribution in [3.05, 3.63) is 65.9 Å². The van der Waals surface area contributed by atoms with Crippen molar-refractivity contribution in [1.82, 2.24) is 14.8 Å². The predicted molar refractivity (Wildman–Crippen MR) is 136 cm³/mol. The number of rotatable bonds is 9. The van der Waals surface area contributed by atoms with Crippen LogP contribution in [0, 0.1) is 11.3 Å². The molecule has 10 nitrogen and oxygen atoms in total. The molecular formula is C24H21N5O5S2. The van der Waals surface area contributed by atoms with Crippen LogP contribution in [0.4, 0.5) is 5.13 Å². The summed E-state index contributed by atoms with van der Waals surface area (Å²) in [6.45, 7) is 0.882. The van der Waals surface area contributed by atoms with E-state index in [-0.39, 0.29) is 15.0 Å².